The maximum atomic E-state index is 14.2. The van der Waals surface area contributed by atoms with Crippen molar-refractivity contribution in [3.8, 4) is 22.3 Å². The molecule has 9 rings (SSSR count). The van der Waals surface area contributed by atoms with Gasteiger partial charge in [0.25, 0.3) is 0 Å². The number of hydrogen-bond donors (Lipinski definition) is 0. The van der Waals surface area contributed by atoms with Crippen LogP contribution in [0.4, 0.5) is 0 Å². The number of hydrogen-bond acceptors (Lipinski definition) is 1. The fraction of sp³-hybridized carbons (Fsp3) is 0.0465. The normalized spacial score (nSPS) is 12.9. The zero-order chi connectivity index (χ0) is 29.2. The van der Waals surface area contributed by atoms with Gasteiger partial charge >= 0.3 is 0 Å². The lowest BCUT2D eigenvalue weighted by molar-refractivity contribution is 0.103. The maximum absolute atomic E-state index is 14.2. The second-order valence-electron chi connectivity index (χ2n) is 12.0. The molecule has 8 aromatic rings. The highest BCUT2D eigenvalue weighted by atomic mass is 16.1. The molecule has 206 valence electrons. The summed E-state index contributed by atoms with van der Waals surface area (Å²) in [5, 5.41) is 9.95. The van der Waals surface area contributed by atoms with Gasteiger partial charge in [0.15, 0.2) is 5.78 Å². The van der Waals surface area contributed by atoms with Crippen LogP contribution in [0.25, 0.3) is 65.3 Å². The zero-order valence-corrected chi connectivity index (χ0v) is 24.2. The van der Waals surface area contributed by atoms with E-state index in [1.54, 1.807) is 0 Å². The number of fused-ring (bicyclic) bond motifs is 8. The van der Waals surface area contributed by atoms with Crippen LogP contribution in [-0.4, -0.2) is 5.78 Å². The smallest absolute Gasteiger partial charge is 0.193 e. The van der Waals surface area contributed by atoms with Gasteiger partial charge in [0.1, 0.15) is 0 Å². The molecule has 0 aliphatic heterocycles. The second-order valence-corrected chi connectivity index (χ2v) is 12.0. The standard InChI is InChI=1S/C43H28O/c44-43-41-25-33(31-19-21-39-35(23-31)17-13-27-5-1-3-7-37(27)39)15-11-29(41)9-10-30-12-16-34(26-42(30)43)32-20-22-40-36(24-32)18-14-28-6-2-4-8-38(28)40/h1-8,11-26H,9-10H2. The third kappa shape index (κ3) is 3.97. The van der Waals surface area contributed by atoms with Gasteiger partial charge in [-0.1, -0.05) is 121 Å². The molecule has 0 N–H and O–H groups in total. The summed E-state index contributed by atoms with van der Waals surface area (Å²) in [5.41, 5.74) is 8.31. The van der Waals surface area contributed by atoms with Crippen molar-refractivity contribution < 1.29 is 4.79 Å². The molecular weight excluding hydrogens is 532 g/mol. The Balaban J connectivity index is 1.11. The van der Waals surface area contributed by atoms with E-state index in [2.05, 4.69) is 146 Å². The summed E-state index contributed by atoms with van der Waals surface area (Å²) in [6.07, 6.45) is 1.72. The summed E-state index contributed by atoms with van der Waals surface area (Å²) >= 11 is 0. The fourth-order valence-corrected chi connectivity index (χ4v) is 7.17. The Morgan fingerprint density at radius 1 is 0.341 bits per heavy atom. The molecule has 0 saturated carbocycles. The minimum absolute atomic E-state index is 0.120. The average Bonchev–Trinajstić information content (AvgIpc) is 3.23. The molecule has 0 unspecified atom stereocenters. The number of benzene rings is 8. The van der Waals surface area contributed by atoms with Crippen molar-refractivity contribution in [3.05, 3.63) is 168 Å². The Labute approximate surface area is 256 Å². The zero-order valence-electron chi connectivity index (χ0n) is 24.2. The molecule has 0 spiro atoms. The van der Waals surface area contributed by atoms with Crippen molar-refractivity contribution >= 4 is 48.9 Å². The van der Waals surface area contributed by atoms with Crippen molar-refractivity contribution in [1.82, 2.24) is 0 Å². The first kappa shape index (κ1) is 25.0. The molecule has 0 radical (unpaired) electrons. The summed E-state index contributed by atoms with van der Waals surface area (Å²) in [6.45, 7) is 0. The first-order valence-electron chi connectivity index (χ1n) is 15.3. The van der Waals surface area contributed by atoms with Crippen LogP contribution < -0.4 is 0 Å². The average molecular weight is 561 g/mol. The summed E-state index contributed by atoms with van der Waals surface area (Å²) in [5.74, 6) is 0.120. The first-order chi connectivity index (χ1) is 21.7. The van der Waals surface area contributed by atoms with E-state index in [4.69, 9.17) is 0 Å². The van der Waals surface area contributed by atoms with Gasteiger partial charge in [-0.25, -0.2) is 0 Å². The van der Waals surface area contributed by atoms with Gasteiger partial charge in [-0.15, -0.1) is 0 Å². The van der Waals surface area contributed by atoms with Crippen LogP contribution in [0.1, 0.15) is 27.0 Å². The van der Waals surface area contributed by atoms with E-state index >= 15 is 0 Å². The van der Waals surface area contributed by atoms with Gasteiger partial charge in [0, 0.05) is 11.1 Å². The Kier molecular flexibility index (Phi) is 5.55. The van der Waals surface area contributed by atoms with Crippen LogP contribution in [-0.2, 0) is 12.8 Å². The summed E-state index contributed by atoms with van der Waals surface area (Å²) < 4.78 is 0. The predicted molar refractivity (Wildman–Crippen MR) is 185 cm³/mol. The number of carbonyl (C=O) groups excluding carboxylic acids is 1. The fourth-order valence-electron chi connectivity index (χ4n) is 7.17. The molecule has 8 aromatic carbocycles. The summed E-state index contributed by atoms with van der Waals surface area (Å²) in [4.78, 5) is 14.2. The van der Waals surface area contributed by atoms with Gasteiger partial charge in [-0.05, 0) is 114 Å². The molecule has 0 atom stereocenters. The quantitative estimate of drug-likeness (QED) is 0.192. The van der Waals surface area contributed by atoms with Crippen molar-refractivity contribution in [2.24, 2.45) is 0 Å². The Morgan fingerprint density at radius 2 is 0.727 bits per heavy atom. The van der Waals surface area contributed by atoms with Crippen LogP contribution in [0.3, 0.4) is 0 Å². The number of aryl methyl sites for hydroxylation is 2. The van der Waals surface area contributed by atoms with E-state index in [1.807, 2.05) is 0 Å². The van der Waals surface area contributed by atoms with Crippen LogP contribution in [0.5, 0.6) is 0 Å². The van der Waals surface area contributed by atoms with Crippen molar-refractivity contribution in [2.75, 3.05) is 0 Å². The topological polar surface area (TPSA) is 17.1 Å². The highest BCUT2D eigenvalue weighted by Crippen LogP contribution is 2.35. The molecule has 0 saturated heterocycles. The number of carbonyl (C=O) groups is 1. The summed E-state index contributed by atoms with van der Waals surface area (Å²) in [7, 11) is 0. The maximum Gasteiger partial charge on any atom is 0.193 e. The van der Waals surface area contributed by atoms with Crippen LogP contribution in [0.2, 0.25) is 0 Å². The molecular formula is C43H28O. The van der Waals surface area contributed by atoms with Gasteiger partial charge in [0.2, 0.25) is 0 Å². The largest absolute Gasteiger partial charge is 0.289 e. The van der Waals surface area contributed by atoms with Crippen LogP contribution >= 0.6 is 0 Å². The molecule has 0 bridgehead atoms. The predicted octanol–water partition coefficient (Wildman–Crippen LogP) is 11.0. The van der Waals surface area contributed by atoms with Crippen molar-refractivity contribution in [3.63, 3.8) is 0 Å². The lowest BCUT2D eigenvalue weighted by Gasteiger charge is -2.12. The van der Waals surface area contributed by atoms with Crippen molar-refractivity contribution in [2.45, 2.75) is 12.8 Å². The number of rotatable bonds is 2. The minimum atomic E-state index is 0.120. The van der Waals surface area contributed by atoms with E-state index in [0.717, 1.165) is 57.3 Å². The lowest BCUT2D eigenvalue weighted by atomic mass is 9.91. The molecule has 1 heteroatoms. The van der Waals surface area contributed by atoms with E-state index in [1.165, 1.54) is 43.1 Å². The third-order valence-electron chi connectivity index (χ3n) is 9.53. The monoisotopic (exact) mass is 560 g/mol. The lowest BCUT2D eigenvalue weighted by Crippen LogP contribution is -2.05. The third-order valence-corrected chi connectivity index (χ3v) is 9.53. The first-order valence-corrected chi connectivity index (χ1v) is 15.3. The highest BCUT2D eigenvalue weighted by Gasteiger charge is 2.22. The number of ketones is 1. The van der Waals surface area contributed by atoms with Gasteiger partial charge in [0.05, 0.1) is 0 Å². The molecule has 1 aliphatic carbocycles. The molecule has 0 amide bonds. The molecule has 1 nitrogen and oxygen atoms in total. The highest BCUT2D eigenvalue weighted by molar-refractivity contribution is 6.13. The Hall–Kier alpha value is -5.53. The van der Waals surface area contributed by atoms with Gasteiger partial charge < -0.3 is 0 Å². The van der Waals surface area contributed by atoms with Gasteiger partial charge in [-0.3, -0.25) is 4.79 Å². The molecule has 0 heterocycles. The van der Waals surface area contributed by atoms with E-state index in [0.29, 0.717) is 0 Å². The van der Waals surface area contributed by atoms with E-state index in [-0.39, 0.29) is 5.78 Å². The van der Waals surface area contributed by atoms with E-state index < -0.39 is 0 Å². The minimum Gasteiger partial charge on any atom is -0.289 e. The van der Waals surface area contributed by atoms with Crippen molar-refractivity contribution in [1.29, 1.82) is 0 Å². The second kappa shape index (κ2) is 9.76. The summed E-state index contributed by atoms with van der Waals surface area (Å²) in [6, 6.07) is 52.0. The van der Waals surface area contributed by atoms with Crippen LogP contribution in [0.15, 0.2) is 146 Å². The molecule has 0 fully saturated rings. The van der Waals surface area contributed by atoms with E-state index in [9.17, 15) is 4.79 Å². The van der Waals surface area contributed by atoms with Crippen LogP contribution in [0, 0.1) is 0 Å². The molecule has 1 aliphatic rings. The Bertz CT molecular complexity index is 2290. The SMILES string of the molecule is O=C1c2cc(-c3ccc4c(ccc5ccccc54)c3)ccc2CCc2ccc(-c3ccc4c(ccc5ccccc54)c3)cc21. The Morgan fingerprint density at radius 3 is 1.23 bits per heavy atom. The molecule has 0 aromatic heterocycles. The molecule has 44 heavy (non-hydrogen) atoms. The van der Waals surface area contributed by atoms with Gasteiger partial charge in [-0.2, -0.15) is 0 Å².